The van der Waals surface area contributed by atoms with Gasteiger partial charge in [0.05, 0.1) is 18.4 Å². The van der Waals surface area contributed by atoms with Crippen molar-refractivity contribution >= 4 is 31.7 Å². The Morgan fingerprint density at radius 1 is 0.898 bits per heavy atom. The third kappa shape index (κ3) is 11.0. The van der Waals surface area contributed by atoms with E-state index in [0.717, 1.165) is 18.3 Å². The normalized spacial score (nSPS) is 14.7. The Balaban J connectivity index is 1.54. The van der Waals surface area contributed by atoms with E-state index < -0.39 is 104 Å². The second kappa shape index (κ2) is 19.5. The summed E-state index contributed by atoms with van der Waals surface area (Å²) in [5, 5.41) is 4.13. The fourth-order valence-corrected chi connectivity index (χ4v) is 7.84. The number of nitrogens with zero attached hydrogens (tertiary/aromatic N) is 3. The Labute approximate surface area is 338 Å². The van der Waals surface area contributed by atoms with Crippen LogP contribution in [0.25, 0.3) is 0 Å². The maximum Gasteiger partial charge on any atom is 0.510 e. The van der Waals surface area contributed by atoms with Crippen LogP contribution in [0.4, 0.5) is 18.4 Å². The highest BCUT2D eigenvalue weighted by Gasteiger charge is 2.52. The molecule has 1 aromatic heterocycles. The van der Waals surface area contributed by atoms with Gasteiger partial charge < -0.3 is 33.9 Å². The van der Waals surface area contributed by atoms with Crippen LogP contribution in [-0.4, -0.2) is 84.9 Å². The van der Waals surface area contributed by atoms with Crippen molar-refractivity contribution in [1.29, 1.82) is 0 Å². The summed E-state index contributed by atoms with van der Waals surface area (Å²) in [5.41, 5.74) is -2.19. The van der Waals surface area contributed by atoms with Gasteiger partial charge in [0.1, 0.15) is 29.5 Å². The second-order valence-corrected chi connectivity index (χ2v) is 16.4. The number of ether oxygens (including phenoxy) is 5. The highest BCUT2D eigenvalue weighted by molar-refractivity contribution is 7.53. The summed E-state index contributed by atoms with van der Waals surface area (Å²) >= 11 is 0. The van der Waals surface area contributed by atoms with Crippen LogP contribution in [0.1, 0.15) is 85.4 Å². The van der Waals surface area contributed by atoms with Gasteiger partial charge in [0, 0.05) is 38.0 Å². The number of rotatable bonds is 17. The molecule has 1 spiro atoms. The molecular weight excluding hydrogens is 801 g/mol. The lowest BCUT2D eigenvalue weighted by molar-refractivity contribution is -0.0302. The number of hydrogen-bond acceptors (Lipinski definition) is 14. The Kier molecular flexibility index (Phi) is 14.7. The molecule has 0 saturated heterocycles. The summed E-state index contributed by atoms with van der Waals surface area (Å²) in [6.07, 6.45) is -0.472. The first-order valence-corrected chi connectivity index (χ1v) is 20.6. The average Bonchev–Trinajstić information content (AvgIpc) is 3.66. The zero-order valence-corrected chi connectivity index (χ0v) is 34.2. The van der Waals surface area contributed by atoms with Gasteiger partial charge in [-0.25, -0.2) is 18.4 Å². The maximum absolute atomic E-state index is 14.5. The Morgan fingerprint density at radius 3 is 2.08 bits per heavy atom. The van der Waals surface area contributed by atoms with Gasteiger partial charge in [-0.1, -0.05) is 36.4 Å². The smallest absolute Gasteiger partial charge is 0.482 e. The monoisotopic (exact) mass is 848 g/mol. The van der Waals surface area contributed by atoms with E-state index in [4.69, 9.17) is 32.7 Å². The number of carbonyl (C=O) groups is 4. The molecule has 1 fully saturated rings. The van der Waals surface area contributed by atoms with E-state index in [0.29, 0.717) is 37.3 Å². The van der Waals surface area contributed by atoms with Crippen LogP contribution >= 0.6 is 7.60 Å². The third-order valence-corrected chi connectivity index (χ3v) is 11.2. The largest absolute Gasteiger partial charge is 0.510 e. The maximum atomic E-state index is 14.5. The van der Waals surface area contributed by atoms with Crippen molar-refractivity contribution in [3.8, 4) is 5.75 Å². The van der Waals surface area contributed by atoms with E-state index in [9.17, 15) is 37.3 Å². The Hall–Kier alpha value is -5.52. The summed E-state index contributed by atoms with van der Waals surface area (Å²) in [4.78, 5) is 68.0. The Bertz CT molecular complexity index is 2080. The predicted octanol–water partition coefficient (Wildman–Crippen LogP) is 6.19. The lowest BCUT2D eigenvalue weighted by Crippen LogP contribution is -2.69. The molecule has 2 aliphatic rings. The number of amides is 2. The summed E-state index contributed by atoms with van der Waals surface area (Å²) in [7, 11) is -2.83. The molecule has 1 saturated carbocycles. The number of benzene rings is 2. The SMILES string of the molecule is CC(C)OC(=O)OCOP(=O)(CCN1n2cc(C(=O)NCc3ccc(F)cc3F)c(=O)c(OCc3ccccc3)c2C(=O)N(C)C12CCCC2)OCOC(=O)OC(C)C. The number of pyridine rings is 1. The van der Waals surface area contributed by atoms with Crippen LogP contribution in [0.2, 0.25) is 0 Å². The molecule has 5 rings (SSSR count). The van der Waals surface area contributed by atoms with Gasteiger partial charge >= 0.3 is 19.9 Å². The average molecular weight is 849 g/mol. The standard InChI is InChI=1S/C39H47F2N4O13P/c1-25(2)57-37(49)53-23-55-59(51,56-24-54-38(50)58-26(3)4)18-17-45-39(15-9-10-16-39)43(5)36(48)32-34(52-22-27-11-7-6-8-12-27)33(46)30(21-44(32)45)35(47)42-20-28-13-14-29(40)19-31(28)41/h6-8,11-14,19,21,25-26H,9-10,15-18,20,22-24H2,1-5H3,(H,42,47). The minimum atomic E-state index is -4.39. The van der Waals surface area contributed by atoms with Crippen molar-refractivity contribution in [3.05, 3.63) is 99.0 Å². The Morgan fingerprint density at radius 2 is 1.51 bits per heavy atom. The van der Waals surface area contributed by atoms with E-state index >= 15 is 0 Å². The number of hydrogen-bond donors (Lipinski definition) is 1. The summed E-state index contributed by atoms with van der Waals surface area (Å²) in [5.74, 6) is -3.76. The first-order valence-electron chi connectivity index (χ1n) is 18.8. The molecule has 0 unspecified atom stereocenters. The first-order chi connectivity index (χ1) is 28.0. The van der Waals surface area contributed by atoms with Crippen molar-refractivity contribution in [3.63, 3.8) is 0 Å². The van der Waals surface area contributed by atoms with Gasteiger partial charge in [0.15, 0.2) is 11.4 Å². The fraction of sp³-hybridized carbons (Fsp3) is 0.462. The van der Waals surface area contributed by atoms with E-state index in [1.54, 1.807) is 70.1 Å². The number of carbonyl (C=O) groups excluding carboxylic acids is 4. The van der Waals surface area contributed by atoms with E-state index in [1.165, 1.54) is 9.58 Å². The minimum absolute atomic E-state index is 0.0552. The van der Waals surface area contributed by atoms with Gasteiger partial charge in [-0.15, -0.1) is 0 Å². The summed E-state index contributed by atoms with van der Waals surface area (Å²) in [6.45, 7) is 3.74. The van der Waals surface area contributed by atoms with E-state index in [1.807, 2.05) is 0 Å². The molecule has 0 atom stereocenters. The van der Waals surface area contributed by atoms with E-state index in [2.05, 4.69) is 5.32 Å². The van der Waals surface area contributed by atoms with Crippen LogP contribution in [-0.2, 0) is 45.7 Å². The molecule has 1 aliphatic carbocycles. The number of fused-ring (bicyclic) bond motifs is 1. The van der Waals surface area contributed by atoms with Gasteiger partial charge in [0.2, 0.25) is 19.0 Å². The molecule has 0 bridgehead atoms. The molecule has 1 aliphatic heterocycles. The van der Waals surface area contributed by atoms with Crippen molar-refractivity contribution in [1.82, 2.24) is 14.9 Å². The molecule has 59 heavy (non-hydrogen) atoms. The van der Waals surface area contributed by atoms with Crippen LogP contribution in [0, 0.1) is 11.6 Å². The lowest BCUT2D eigenvalue weighted by Gasteiger charge is -2.53. The highest BCUT2D eigenvalue weighted by Crippen LogP contribution is 2.49. The molecule has 1 N–H and O–H groups in total. The molecule has 20 heteroatoms. The summed E-state index contributed by atoms with van der Waals surface area (Å²) in [6, 6.07) is 11.6. The van der Waals surface area contributed by atoms with Crippen LogP contribution < -0.4 is 20.5 Å². The quantitative estimate of drug-likeness (QED) is 0.0919. The van der Waals surface area contributed by atoms with Crippen molar-refractivity contribution in [2.24, 2.45) is 0 Å². The summed E-state index contributed by atoms with van der Waals surface area (Å²) < 4.78 is 80.5. The molecule has 3 aromatic rings. The molecule has 2 aromatic carbocycles. The molecular formula is C39H47F2N4O13P. The molecule has 0 radical (unpaired) electrons. The van der Waals surface area contributed by atoms with Gasteiger partial charge in [-0.3, -0.25) is 37.7 Å². The van der Waals surface area contributed by atoms with Crippen LogP contribution in [0.3, 0.4) is 0 Å². The molecule has 320 valence electrons. The van der Waals surface area contributed by atoms with Crippen molar-refractivity contribution in [2.75, 3.05) is 38.3 Å². The number of nitrogens with one attached hydrogen (secondary N) is 1. The molecule has 17 nitrogen and oxygen atoms in total. The van der Waals surface area contributed by atoms with Crippen molar-refractivity contribution in [2.45, 2.75) is 84.4 Å². The van der Waals surface area contributed by atoms with E-state index in [-0.39, 0.29) is 24.4 Å². The first kappa shape index (κ1) is 44.6. The van der Waals surface area contributed by atoms with Gasteiger partial charge in [-0.05, 0) is 65.0 Å². The van der Waals surface area contributed by atoms with Crippen LogP contribution in [0.15, 0.2) is 59.5 Å². The van der Waals surface area contributed by atoms with Crippen molar-refractivity contribution < 1.29 is 65.3 Å². The zero-order chi connectivity index (χ0) is 42.9. The molecule has 2 heterocycles. The zero-order valence-electron chi connectivity index (χ0n) is 33.3. The number of aromatic nitrogens is 1. The van der Waals surface area contributed by atoms with Crippen LogP contribution in [0.5, 0.6) is 5.75 Å². The fourth-order valence-electron chi connectivity index (χ4n) is 6.64. The van der Waals surface area contributed by atoms with Gasteiger partial charge in [-0.2, -0.15) is 0 Å². The predicted molar refractivity (Wildman–Crippen MR) is 205 cm³/mol. The number of halogens is 2. The second-order valence-electron chi connectivity index (χ2n) is 14.2. The molecule has 2 amide bonds. The highest BCUT2D eigenvalue weighted by atomic mass is 31.2. The minimum Gasteiger partial charge on any atom is -0.482 e. The topological polar surface area (TPSA) is 190 Å². The lowest BCUT2D eigenvalue weighted by atomic mass is 10.0. The third-order valence-electron chi connectivity index (χ3n) is 9.45. The van der Waals surface area contributed by atoms with Gasteiger partial charge in [0.25, 0.3) is 11.8 Å².